The van der Waals surface area contributed by atoms with Gasteiger partial charge in [-0.2, -0.15) is 21.6 Å². The third kappa shape index (κ3) is 7.08. The van der Waals surface area contributed by atoms with E-state index in [1.807, 2.05) is 12.1 Å². The van der Waals surface area contributed by atoms with Gasteiger partial charge in [0.1, 0.15) is 0 Å². The van der Waals surface area contributed by atoms with Crippen molar-refractivity contribution in [3.8, 4) is 5.75 Å². The Morgan fingerprint density at radius 3 is 2.13 bits per heavy atom. The number of fused-ring (bicyclic) bond motifs is 1. The van der Waals surface area contributed by atoms with E-state index >= 15 is 0 Å². The summed E-state index contributed by atoms with van der Waals surface area (Å²) in [5.41, 5.74) is -4.30. The van der Waals surface area contributed by atoms with Crippen molar-refractivity contribution in [1.29, 1.82) is 0 Å². The molecule has 0 fully saturated rings. The van der Waals surface area contributed by atoms with Gasteiger partial charge in [-0.15, -0.1) is 11.8 Å². The lowest BCUT2D eigenvalue weighted by Crippen LogP contribution is -2.28. The Balaban J connectivity index is 2.03. The van der Waals surface area contributed by atoms with Gasteiger partial charge in [0, 0.05) is 0 Å². The molecule has 0 aliphatic rings. The summed E-state index contributed by atoms with van der Waals surface area (Å²) in [5.74, 6) is -0.303. The van der Waals surface area contributed by atoms with Crippen molar-refractivity contribution in [3.05, 3.63) is 35.9 Å². The highest BCUT2D eigenvalue weighted by molar-refractivity contribution is 7.98. The maximum atomic E-state index is 12.7. The molecule has 2 aromatic carbocycles. The zero-order valence-electron chi connectivity index (χ0n) is 17.4. The van der Waals surface area contributed by atoms with Gasteiger partial charge in [0.25, 0.3) is 0 Å². The highest BCUT2D eigenvalue weighted by Gasteiger charge is 2.48. The molecule has 0 bridgehead atoms. The minimum atomic E-state index is -5.70. The molecule has 0 aliphatic heterocycles. The van der Waals surface area contributed by atoms with Crippen molar-refractivity contribution >= 4 is 32.7 Å². The Morgan fingerprint density at radius 2 is 1.53 bits per heavy atom. The minimum Gasteiger partial charge on any atom is -0.375 e. The van der Waals surface area contributed by atoms with Gasteiger partial charge in [-0.3, -0.25) is 0 Å². The maximum absolute atomic E-state index is 12.7. The van der Waals surface area contributed by atoms with Crippen LogP contribution in [0.5, 0.6) is 5.75 Å². The molecule has 3 nitrogen and oxygen atoms in total. The van der Waals surface area contributed by atoms with E-state index < -0.39 is 15.6 Å². The number of rotatable bonds is 12. The van der Waals surface area contributed by atoms with Crippen LogP contribution in [0.2, 0.25) is 0 Å². The minimum absolute atomic E-state index is 0.303. The molecular formula is C22H29F3O3S2. The van der Waals surface area contributed by atoms with Crippen molar-refractivity contribution in [1.82, 2.24) is 0 Å². The molecule has 168 valence electrons. The average molecular weight is 463 g/mol. The molecule has 30 heavy (non-hydrogen) atoms. The first-order valence-corrected chi connectivity index (χ1v) is 12.9. The molecule has 0 radical (unpaired) electrons. The zero-order valence-corrected chi connectivity index (χ0v) is 19.1. The van der Waals surface area contributed by atoms with Gasteiger partial charge >= 0.3 is 15.6 Å². The standard InChI is InChI=1S/C22H29F3O3S2/c1-3-4-5-6-7-8-9-10-11-17-12-13-18-15-20(21(29-2)16-19(18)14-17)28-30(26,27)22(23,24)25/h12-16H,3-11H2,1-2H3. The third-order valence-electron chi connectivity index (χ3n) is 4.99. The quantitative estimate of drug-likeness (QED) is 0.142. The molecule has 0 aromatic heterocycles. The van der Waals surface area contributed by atoms with Crippen LogP contribution in [0.3, 0.4) is 0 Å². The van der Waals surface area contributed by atoms with E-state index in [0.717, 1.165) is 35.6 Å². The SMILES string of the molecule is CCCCCCCCCCc1ccc2cc(OS(=O)(=O)C(F)(F)F)c(SC)cc2c1. The van der Waals surface area contributed by atoms with Crippen molar-refractivity contribution in [2.45, 2.75) is 75.1 Å². The van der Waals surface area contributed by atoms with E-state index in [-0.39, 0.29) is 5.75 Å². The monoisotopic (exact) mass is 462 g/mol. The van der Waals surface area contributed by atoms with E-state index in [2.05, 4.69) is 11.1 Å². The van der Waals surface area contributed by atoms with Crippen molar-refractivity contribution < 1.29 is 25.8 Å². The van der Waals surface area contributed by atoms with Crippen molar-refractivity contribution in [2.24, 2.45) is 0 Å². The Bertz CT molecular complexity index is 925. The van der Waals surface area contributed by atoms with Gasteiger partial charge in [0.05, 0.1) is 4.90 Å². The molecule has 0 N–H and O–H groups in total. The molecule has 0 saturated heterocycles. The number of thioether (sulfide) groups is 1. The molecule has 0 amide bonds. The topological polar surface area (TPSA) is 43.4 Å². The smallest absolute Gasteiger partial charge is 0.375 e. The molecule has 2 aromatic rings. The van der Waals surface area contributed by atoms with Crippen LogP contribution in [0.1, 0.15) is 63.9 Å². The highest BCUT2D eigenvalue weighted by atomic mass is 32.2. The van der Waals surface area contributed by atoms with Crippen LogP contribution in [0, 0.1) is 0 Å². The molecule has 0 aliphatic carbocycles. The van der Waals surface area contributed by atoms with Crippen LogP contribution >= 0.6 is 11.8 Å². The summed E-state index contributed by atoms with van der Waals surface area (Å²) in [7, 11) is -5.70. The summed E-state index contributed by atoms with van der Waals surface area (Å²) in [5, 5.41) is 1.49. The van der Waals surface area contributed by atoms with E-state index in [1.165, 1.54) is 51.0 Å². The van der Waals surface area contributed by atoms with E-state index in [9.17, 15) is 21.6 Å². The van der Waals surface area contributed by atoms with Crippen LogP contribution < -0.4 is 4.18 Å². The fourth-order valence-electron chi connectivity index (χ4n) is 3.31. The van der Waals surface area contributed by atoms with Crippen LogP contribution in [0.4, 0.5) is 13.2 Å². The fraction of sp³-hybridized carbons (Fsp3) is 0.545. The largest absolute Gasteiger partial charge is 0.534 e. The summed E-state index contributed by atoms with van der Waals surface area (Å²) in [6.45, 7) is 2.21. The molecule has 2 rings (SSSR count). The summed E-state index contributed by atoms with van der Waals surface area (Å²) in [4.78, 5) is 0.347. The van der Waals surface area contributed by atoms with Gasteiger partial charge in [-0.1, -0.05) is 70.1 Å². The maximum Gasteiger partial charge on any atom is 0.534 e. The summed E-state index contributed by atoms with van der Waals surface area (Å²) < 4.78 is 65.1. The fourth-order valence-corrected chi connectivity index (χ4v) is 4.38. The second kappa shape index (κ2) is 11.3. The Hall–Kier alpha value is -1.41. The lowest BCUT2D eigenvalue weighted by atomic mass is 10.0. The molecule has 0 atom stereocenters. The first kappa shape index (κ1) is 24.9. The van der Waals surface area contributed by atoms with E-state index in [4.69, 9.17) is 0 Å². The number of hydrogen-bond acceptors (Lipinski definition) is 4. The predicted octanol–water partition coefficient (Wildman–Crippen LogP) is 7.47. The first-order valence-electron chi connectivity index (χ1n) is 10.3. The number of unbranched alkanes of at least 4 members (excludes halogenated alkanes) is 7. The van der Waals surface area contributed by atoms with Gasteiger partial charge in [0.15, 0.2) is 5.75 Å². The van der Waals surface area contributed by atoms with Crippen LogP contribution in [-0.2, 0) is 16.5 Å². The number of halogens is 3. The normalized spacial score (nSPS) is 12.4. The summed E-state index contributed by atoms with van der Waals surface area (Å²) in [6.07, 6.45) is 12.6. The van der Waals surface area contributed by atoms with Crippen molar-refractivity contribution in [3.63, 3.8) is 0 Å². The number of alkyl halides is 3. The van der Waals surface area contributed by atoms with Gasteiger partial charge in [0.2, 0.25) is 0 Å². The molecule has 0 spiro atoms. The molecule has 0 unspecified atom stereocenters. The Morgan fingerprint density at radius 1 is 0.900 bits per heavy atom. The Kier molecular flexibility index (Phi) is 9.34. The van der Waals surface area contributed by atoms with E-state index in [0.29, 0.717) is 10.3 Å². The van der Waals surface area contributed by atoms with Gasteiger partial charge in [-0.25, -0.2) is 0 Å². The zero-order chi connectivity index (χ0) is 22.2. The summed E-state index contributed by atoms with van der Waals surface area (Å²) >= 11 is 1.14. The van der Waals surface area contributed by atoms with Crippen molar-refractivity contribution in [2.75, 3.05) is 6.26 Å². The van der Waals surface area contributed by atoms with E-state index in [1.54, 1.807) is 18.4 Å². The van der Waals surface area contributed by atoms with Crippen LogP contribution in [0.15, 0.2) is 35.2 Å². The highest BCUT2D eigenvalue weighted by Crippen LogP contribution is 2.36. The van der Waals surface area contributed by atoms with Crippen LogP contribution in [0.25, 0.3) is 10.8 Å². The van der Waals surface area contributed by atoms with Gasteiger partial charge in [-0.05, 0) is 47.6 Å². The Labute approximate surface area is 181 Å². The van der Waals surface area contributed by atoms with Gasteiger partial charge < -0.3 is 4.18 Å². The lowest BCUT2D eigenvalue weighted by molar-refractivity contribution is -0.0500. The average Bonchev–Trinajstić information content (AvgIpc) is 2.68. The molecule has 0 heterocycles. The lowest BCUT2D eigenvalue weighted by Gasteiger charge is -2.13. The number of hydrogen-bond donors (Lipinski definition) is 0. The first-order chi connectivity index (χ1) is 14.2. The molecule has 8 heteroatoms. The van der Waals surface area contributed by atoms with Crippen LogP contribution in [-0.4, -0.2) is 20.2 Å². The molecular weight excluding hydrogens is 433 g/mol. The number of aryl methyl sites for hydroxylation is 1. The predicted molar refractivity (Wildman–Crippen MR) is 118 cm³/mol. The third-order valence-corrected chi connectivity index (χ3v) is 6.71. The summed E-state index contributed by atoms with van der Waals surface area (Å²) in [6, 6.07) is 8.78. The second-order valence-electron chi connectivity index (χ2n) is 7.39. The second-order valence-corrected chi connectivity index (χ2v) is 9.78. The number of benzene rings is 2. The molecule has 0 saturated carbocycles.